The van der Waals surface area contributed by atoms with Crippen LogP contribution in [0.2, 0.25) is 0 Å². The highest BCUT2D eigenvalue weighted by molar-refractivity contribution is 7.99. The van der Waals surface area contributed by atoms with Gasteiger partial charge in [-0.1, -0.05) is 0 Å². The van der Waals surface area contributed by atoms with Gasteiger partial charge in [0.1, 0.15) is 5.01 Å². The van der Waals surface area contributed by atoms with Crippen molar-refractivity contribution < 1.29 is 5.11 Å². The van der Waals surface area contributed by atoms with E-state index in [0.29, 0.717) is 5.92 Å². The Morgan fingerprint density at radius 1 is 1.57 bits per heavy atom. The van der Waals surface area contributed by atoms with Crippen LogP contribution in [0.25, 0.3) is 0 Å². The van der Waals surface area contributed by atoms with Crippen molar-refractivity contribution in [1.82, 2.24) is 4.98 Å². The standard InChI is InChI=1S/C10H15NOS2/c1-7-10(11-9(5-12)14-7)8-3-2-4-13-6-8/h8,12H,2-6H2,1H3. The van der Waals surface area contributed by atoms with Gasteiger partial charge in [0.15, 0.2) is 0 Å². The number of aryl methyl sites for hydroxylation is 1. The van der Waals surface area contributed by atoms with E-state index in [1.54, 1.807) is 11.3 Å². The van der Waals surface area contributed by atoms with E-state index in [9.17, 15) is 0 Å². The molecule has 1 N–H and O–H groups in total. The Bertz CT molecular complexity index is 305. The van der Waals surface area contributed by atoms with E-state index >= 15 is 0 Å². The molecule has 1 unspecified atom stereocenters. The van der Waals surface area contributed by atoms with E-state index in [1.807, 2.05) is 11.8 Å². The lowest BCUT2D eigenvalue weighted by Gasteiger charge is -2.20. The largest absolute Gasteiger partial charge is 0.389 e. The smallest absolute Gasteiger partial charge is 0.119 e. The minimum Gasteiger partial charge on any atom is -0.389 e. The summed E-state index contributed by atoms with van der Waals surface area (Å²) in [6, 6.07) is 0. The van der Waals surface area contributed by atoms with Crippen molar-refractivity contribution in [1.29, 1.82) is 0 Å². The van der Waals surface area contributed by atoms with Crippen LogP contribution in [0.3, 0.4) is 0 Å². The van der Waals surface area contributed by atoms with Crippen LogP contribution < -0.4 is 0 Å². The second kappa shape index (κ2) is 4.64. The van der Waals surface area contributed by atoms with Crippen LogP contribution in [-0.4, -0.2) is 21.6 Å². The zero-order valence-corrected chi connectivity index (χ0v) is 9.96. The van der Waals surface area contributed by atoms with Gasteiger partial charge in [0.2, 0.25) is 0 Å². The quantitative estimate of drug-likeness (QED) is 0.846. The Balaban J connectivity index is 2.17. The number of nitrogens with zero attached hydrogens (tertiary/aromatic N) is 1. The van der Waals surface area contributed by atoms with Crippen molar-refractivity contribution in [2.75, 3.05) is 11.5 Å². The lowest BCUT2D eigenvalue weighted by atomic mass is 10.0. The summed E-state index contributed by atoms with van der Waals surface area (Å²) in [7, 11) is 0. The first-order valence-electron chi connectivity index (χ1n) is 4.96. The number of thiazole rings is 1. The number of aliphatic hydroxyl groups excluding tert-OH is 1. The zero-order valence-electron chi connectivity index (χ0n) is 8.32. The molecule has 1 aromatic rings. The highest BCUT2D eigenvalue weighted by Gasteiger charge is 2.20. The lowest BCUT2D eigenvalue weighted by Crippen LogP contribution is -2.10. The first-order chi connectivity index (χ1) is 6.81. The molecule has 0 aromatic carbocycles. The summed E-state index contributed by atoms with van der Waals surface area (Å²) in [5.41, 5.74) is 1.24. The summed E-state index contributed by atoms with van der Waals surface area (Å²) in [5.74, 6) is 3.13. The van der Waals surface area contributed by atoms with Crippen molar-refractivity contribution in [3.8, 4) is 0 Å². The van der Waals surface area contributed by atoms with Gasteiger partial charge < -0.3 is 5.11 Å². The number of rotatable bonds is 2. The molecule has 4 heteroatoms. The normalized spacial score (nSPS) is 22.6. The predicted molar refractivity (Wildman–Crippen MR) is 62.1 cm³/mol. The van der Waals surface area contributed by atoms with Gasteiger partial charge in [0, 0.05) is 16.5 Å². The van der Waals surface area contributed by atoms with Crippen molar-refractivity contribution in [2.24, 2.45) is 0 Å². The van der Waals surface area contributed by atoms with Gasteiger partial charge >= 0.3 is 0 Å². The molecular weight excluding hydrogens is 214 g/mol. The number of aromatic nitrogens is 1. The van der Waals surface area contributed by atoms with Crippen molar-refractivity contribution >= 4 is 23.1 Å². The van der Waals surface area contributed by atoms with Crippen LogP contribution in [0.15, 0.2) is 0 Å². The number of thioether (sulfide) groups is 1. The molecule has 1 aliphatic rings. The first kappa shape index (κ1) is 10.5. The fourth-order valence-electron chi connectivity index (χ4n) is 1.87. The Kier molecular flexibility index (Phi) is 3.47. The molecule has 1 fully saturated rings. The molecule has 14 heavy (non-hydrogen) atoms. The second-order valence-electron chi connectivity index (χ2n) is 3.62. The Morgan fingerprint density at radius 2 is 2.43 bits per heavy atom. The summed E-state index contributed by atoms with van der Waals surface area (Å²) in [5, 5.41) is 9.89. The molecule has 0 radical (unpaired) electrons. The lowest BCUT2D eigenvalue weighted by molar-refractivity contribution is 0.281. The van der Waals surface area contributed by atoms with Gasteiger partial charge in [-0.2, -0.15) is 11.8 Å². The Labute approximate surface area is 92.8 Å². The molecule has 0 aliphatic carbocycles. The number of aliphatic hydroxyl groups is 1. The summed E-state index contributed by atoms with van der Waals surface area (Å²) in [6.45, 7) is 2.21. The van der Waals surface area contributed by atoms with Crippen LogP contribution in [0.1, 0.15) is 34.3 Å². The zero-order chi connectivity index (χ0) is 9.97. The van der Waals surface area contributed by atoms with Crippen LogP contribution in [0, 0.1) is 6.92 Å². The van der Waals surface area contributed by atoms with Gasteiger partial charge in [-0.15, -0.1) is 11.3 Å². The maximum Gasteiger partial charge on any atom is 0.119 e. The van der Waals surface area contributed by atoms with E-state index in [0.717, 1.165) is 5.01 Å². The molecule has 2 rings (SSSR count). The molecule has 78 valence electrons. The molecule has 1 aliphatic heterocycles. The van der Waals surface area contributed by atoms with Gasteiger partial charge in [0.05, 0.1) is 12.3 Å². The van der Waals surface area contributed by atoms with E-state index in [4.69, 9.17) is 5.11 Å². The molecule has 1 atom stereocenters. The topological polar surface area (TPSA) is 33.1 Å². The second-order valence-corrected chi connectivity index (χ2v) is 6.06. The molecular formula is C10H15NOS2. The van der Waals surface area contributed by atoms with E-state index in [2.05, 4.69) is 11.9 Å². The molecule has 1 saturated heterocycles. The molecule has 0 spiro atoms. The predicted octanol–water partition coefficient (Wildman–Crippen LogP) is 2.55. The molecule has 2 nitrogen and oxygen atoms in total. The Morgan fingerprint density at radius 3 is 3.00 bits per heavy atom. The minimum absolute atomic E-state index is 0.0887. The fraction of sp³-hybridized carbons (Fsp3) is 0.700. The molecule has 0 bridgehead atoms. The SMILES string of the molecule is Cc1sc(CO)nc1C1CCCSC1. The maximum atomic E-state index is 9.02. The third-order valence-electron chi connectivity index (χ3n) is 2.56. The molecule has 0 saturated carbocycles. The van der Waals surface area contributed by atoms with Gasteiger partial charge in [-0.3, -0.25) is 0 Å². The van der Waals surface area contributed by atoms with Crippen molar-refractivity contribution in [3.05, 3.63) is 15.6 Å². The third-order valence-corrected chi connectivity index (χ3v) is 4.75. The summed E-state index contributed by atoms with van der Waals surface area (Å²) < 4.78 is 0. The van der Waals surface area contributed by atoms with E-state index in [1.165, 1.54) is 34.9 Å². The van der Waals surface area contributed by atoms with Crippen molar-refractivity contribution in [2.45, 2.75) is 32.3 Å². The highest BCUT2D eigenvalue weighted by atomic mass is 32.2. The molecule has 2 heterocycles. The summed E-state index contributed by atoms with van der Waals surface area (Å²) >= 11 is 3.66. The highest BCUT2D eigenvalue weighted by Crippen LogP contribution is 2.34. The number of hydrogen-bond acceptors (Lipinski definition) is 4. The van der Waals surface area contributed by atoms with Gasteiger partial charge in [-0.05, 0) is 25.5 Å². The van der Waals surface area contributed by atoms with Crippen LogP contribution in [0.4, 0.5) is 0 Å². The monoisotopic (exact) mass is 229 g/mol. The van der Waals surface area contributed by atoms with Crippen molar-refractivity contribution in [3.63, 3.8) is 0 Å². The average molecular weight is 229 g/mol. The molecule has 0 amide bonds. The third kappa shape index (κ3) is 2.12. The van der Waals surface area contributed by atoms with E-state index < -0.39 is 0 Å². The first-order valence-corrected chi connectivity index (χ1v) is 6.93. The van der Waals surface area contributed by atoms with Gasteiger partial charge in [0.25, 0.3) is 0 Å². The van der Waals surface area contributed by atoms with E-state index in [-0.39, 0.29) is 6.61 Å². The fourth-order valence-corrected chi connectivity index (χ4v) is 3.89. The maximum absolute atomic E-state index is 9.02. The van der Waals surface area contributed by atoms with Crippen LogP contribution in [-0.2, 0) is 6.61 Å². The van der Waals surface area contributed by atoms with Crippen LogP contribution in [0.5, 0.6) is 0 Å². The average Bonchev–Trinajstić information content (AvgIpc) is 2.61. The van der Waals surface area contributed by atoms with Gasteiger partial charge in [-0.25, -0.2) is 4.98 Å². The Hall–Kier alpha value is -0.0600. The summed E-state index contributed by atoms with van der Waals surface area (Å²) in [4.78, 5) is 5.80. The number of hydrogen-bond donors (Lipinski definition) is 1. The minimum atomic E-state index is 0.0887. The molecule has 1 aromatic heterocycles. The summed E-state index contributed by atoms with van der Waals surface area (Å²) in [6.07, 6.45) is 2.57. The van der Waals surface area contributed by atoms with Crippen LogP contribution >= 0.6 is 23.1 Å².